The van der Waals surface area contributed by atoms with Crippen LogP contribution in [0.1, 0.15) is 12.7 Å². The summed E-state index contributed by atoms with van der Waals surface area (Å²) in [6, 6.07) is 3.06. The third kappa shape index (κ3) is 3.21. The summed E-state index contributed by atoms with van der Waals surface area (Å²) in [6.45, 7) is 3.99. The standard InChI is InChI=1S/C16H20FN5O3/c1-2-22-13-8-12(20-3-5-21(6-4-20)16(24)25)10(17)7-11(13)19-15(22)9-14(18)23/h7-8H,2-6,9H2,1H3,(H2,18,23)(H,24,25). The minimum absolute atomic E-state index is 0.00322. The second kappa shape index (κ2) is 6.58. The Hall–Kier alpha value is -2.84. The predicted molar refractivity (Wildman–Crippen MR) is 90.1 cm³/mol. The van der Waals surface area contributed by atoms with E-state index in [4.69, 9.17) is 10.8 Å². The van der Waals surface area contributed by atoms with Crippen LogP contribution in [0, 0.1) is 5.82 Å². The van der Waals surface area contributed by atoms with Crippen LogP contribution in [0.5, 0.6) is 0 Å². The van der Waals surface area contributed by atoms with E-state index in [0.29, 0.717) is 49.8 Å². The fraction of sp³-hybridized carbons (Fsp3) is 0.438. The summed E-state index contributed by atoms with van der Waals surface area (Å²) in [7, 11) is 0. The zero-order valence-corrected chi connectivity index (χ0v) is 13.9. The van der Waals surface area contributed by atoms with Crippen molar-refractivity contribution in [1.29, 1.82) is 0 Å². The van der Waals surface area contributed by atoms with E-state index in [1.54, 1.807) is 6.07 Å². The Kier molecular flexibility index (Phi) is 4.47. The first-order chi connectivity index (χ1) is 11.9. The number of imidazole rings is 1. The zero-order valence-electron chi connectivity index (χ0n) is 13.9. The van der Waals surface area contributed by atoms with E-state index < -0.39 is 17.8 Å². The molecule has 2 heterocycles. The van der Waals surface area contributed by atoms with Gasteiger partial charge in [0.2, 0.25) is 5.91 Å². The first-order valence-corrected chi connectivity index (χ1v) is 8.10. The maximum Gasteiger partial charge on any atom is 0.407 e. The summed E-state index contributed by atoms with van der Waals surface area (Å²) in [5.41, 5.74) is 6.88. The quantitative estimate of drug-likeness (QED) is 0.858. The predicted octanol–water partition coefficient (Wildman–Crippen LogP) is 1.02. The van der Waals surface area contributed by atoms with Crippen LogP contribution in [0.3, 0.4) is 0 Å². The van der Waals surface area contributed by atoms with E-state index in [9.17, 15) is 14.0 Å². The van der Waals surface area contributed by atoms with E-state index in [1.807, 2.05) is 16.4 Å². The maximum absolute atomic E-state index is 14.6. The van der Waals surface area contributed by atoms with Crippen molar-refractivity contribution in [3.8, 4) is 0 Å². The lowest BCUT2D eigenvalue weighted by molar-refractivity contribution is -0.117. The Morgan fingerprint density at radius 1 is 1.28 bits per heavy atom. The Bertz CT molecular complexity index is 827. The number of amides is 2. The van der Waals surface area contributed by atoms with E-state index >= 15 is 0 Å². The van der Waals surface area contributed by atoms with Gasteiger partial charge in [0.05, 0.1) is 23.1 Å². The van der Waals surface area contributed by atoms with Gasteiger partial charge in [0, 0.05) is 38.8 Å². The fourth-order valence-corrected chi connectivity index (χ4v) is 3.21. The third-order valence-corrected chi connectivity index (χ3v) is 4.44. The van der Waals surface area contributed by atoms with Crippen LogP contribution in [-0.2, 0) is 17.8 Å². The number of aromatic nitrogens is 2. The first kappa shape index (κ1) is 17.0. The minimum atomic E-state index is -0.962. The van der Waals surface area contributed by atoms with E-state index in [0.717, 1.165) is 5.52 Å². The Balaban J connectivity index is 1.95. The number of hydrogen-bond acceptors (Lipinski definition) is 4. The smallest absolute Gasteiger partial charge is 0.407 e. The molecule has 3 rings (SSSR count). The van der Waals surface area contributed by atoms with Crippen LogP contribution in [0.15, 0.2) is 12.1 Å². The van der Waals surface area contributed by atoms with Gasteiger partial charge in [-0.05, 0) is 13.0 Å². The summed E-state index contributed by atoms with van der Waals surface area (Å²) >= 11 is 0. The molecule has 0 atom stereocenters. The normalized spacial score (nSPS) is 15.0. The number of primary amides is 1. The second-order valence-electron chi connectivity index (χ2n) is 5.96. The molecule has 9 heteroatoms. The molecule has 1 aliphatic rings. The highest BCUT2D eigenvalue weighted by molar-refractivity contribution is 5.83. The van der Waals surface area contributed by atoms with Crippen LogP contribution >= 0.6 is 0 Å². The van der Waals surface area contributed by atoms with Crippen molar-refractivity contribution in [2.45, 2.75) is 19.9 Å². The largest absolute Gasteiger partial charge is 0.465 e. The van der Waals surface area contributed by atoms with Crippen LogP contribution in [-0.4, -0.2) is 57.7 Å². The van der Waals surface area contributed by atoms with Crippen molar-refractivity contribution < 1.29 is 19.1 Å². The van der Waals surface area contributed by atoms with E-state index in [-0.39, 0.29) is 6.42 Å². The number of halogens is 1. The van der Waals surface area contributed by atoms with Crippen LogP contribution in [0.4, 0.5) is 14.9 Å². The van der Waals surface area contributed by atoms with Gasteiger partial charge < -0.3 is 25.2 Å². The Labute approximate surface area is 143 Å². The number of nitrogens with zero attached hydrogens (tertiary/aromatic N) is 4. The molecule has 3 N–H and O–H groups in total. The number of benzene rings is 1. The van der Waals surface area contributed by atoms with Gasteiger partial charge in [0.15, 0.2) is 0 Å². The molecule has 0 saturated carbocycles. The minimum Gasteiger partial charge on any atom is -0.465 e. The topological polar surface area (TPSA) is 105 Å². The highest BCUT2D eigenvalue weighted by Crippen LogP contribution is 2.28. The van der Waals surface area contributed by atoms with E-state index in [2.05, 4.69) is 4.98 Å². The number of fused-ring (bicyclic) bond motifs is 1. The van der Waals surface area contributed by atoms with Gasteiger partial charge in [-0.1, -0.05) is 0 Å². The van der Waals surface area contributed by atoms with Gasteiger partial charge in [-0.3, -0.25) is 4.79 Å². The monoisotopic (exact) mass is 349 g/mol. The molecular formula is C16H20FN5O3. The number of rotatable bonds is 4. The van der Waals surface area contributed by atoms with Gasteiger partial charge in [0.1, 0.15) is 11.6 Å². The summed E-state index contributed by atoms with van der Waals surface area (Å²) in [5.74, 6) is -0.393. The first-order valence-electron chi connectivity index (χ1n) is 8.10. The molecule has 1 saturated heterocycles. The number of nitrogens with two attached hydrogens (primary N) is 1. The summed E-state index contributed by atoms with van der Waals surface area (Å²) in [6.07, 6.45) is -0.966. The van der Waals surface area contributed by atoms with Crippen LogP contribution < -0.4 is 10.6 Å². The van der Waals surface area contributed by atoms with E-state index in [1.165, 1.54) is 11.0 Å². The molecule has 0 aliphatic carbocycles. The molecule has 8 nitrogen and oxygen atoms in total. The van der Waals surface area contributed by atoms with Gasteiger partial charge in [0.25, 0.3) is 0 Å². The number of carbonyl (C=O) groups is 2. The maximum atomic E-state index is 14.6. The molecule has 2 amide bonds. The molecule has 2 aromatic rings. The van der Waals surface area contributed by atoms with Crippen molar-refractivity contribution >= 4 is 28.7 Å². The fourth-order valence-electron chi connectivity index (χ4n) is 3.21. The number of piperazine rings is 1. The molecule has 1 aromatic heterocycles. The van der Waals surface area contributed by atoms with Gasteiger partial charge >= 0.3 is 6.09 Å². The lowest BCUT2D eigenvalue weighted by Crippen LogP contribution is -2.48. The number of aryl methyl sites for hydroxylation is 1. The van der Waals surface area contributed by atoms with Crippen molar-refractivity contribution in [3.05, 3.63) is 23.8 Å². The molecule has 134 valence electrons. The number of anilines is 1. The lowest BCUT2D eigenvalue weighted by Gasteiger charge is -2.34. The molecule has 0 unspecified atom stereocenters. The van der Waals surface area contributed by atoms with Crippen molar-refractivity contribution in [2.24, 2.45) is 5.73 Å². The van der Waals surface area contributed by atoms with Crippen LogP contribution in [0.2, 0.25) is 0 Å². The zero-order chi connectivity index (χ0) is 18.1. The SMILES string of the molecule is CCn1c(CC(N)=O)nc2cc(F)c(N3CCN(C(=O)O)CC3)cc21. The second-order valence-corrected chi connectivity index (χ2v) is 5.96. The summed E-state index contributed by atoms with van der Waals surface area (Å²) < 4.78 is 16.4. The van der Waals surface area contributed by atoms with Gasteiger partial charge in [-0.15, -0.1) is 0 Å². The highest BCUT2D eigenvalue weighted by atomic mass is 19.1. The van der Waals surface area contributed by atoms with Gasteiger partial charge in [-0.2, -0.15) is 0 Å². The molecule has 1 aliphatic heterocycles. The third-order valence-electron chi connectivity index (χ3n) is 4.44. The Morgan fingerprint density at radius 3 is 2.52 bits per heavy atom. The molecular weight excluding hydrogens is 329 g/mol. The molecule has 1 fully saturated rings. The molecule has 1 aromatic carbocycles. The average molecular weight is 349 g/mol. The summed E-state index contributed by atoms with van der Waals surface area (Å²) in [4.78, 5) is 29.7. The average Bonchev–Trinajstić information content (AvgIpc) is 2.89. The molecule has 0 radical (unpaired) electrons. The molecule has 0 bridgehead atoms. The summed E-state index contributed by atoms with van der Waals surface area (Å²) in [5, 5.41) is 9.02. The Morgan fingerprint density at radius 2 is 1.96 bits per heavy atom. The van der Waals surface area contributed by atoms with Gasteiger partial charge in [-0.25, -0.2) is 14.2 Å². The lowest BCUT2D eigenvalue weighted by atomic mass is 10.2. The van der Waals surface area contributed by atoms with Crippen LogP contribution in [0.25, 0.3) is 11.0 Å². The van der Waals surface area contributed by atoms with Crippen molar-refractivity contribution in [2.75, 3.05) is 31.1 Å². The molecule has 25 heavy (non-hydrogen) atoms. The number of carbonyl (C=O) groups excluding carboxylic acids is 1. The number of hydrogen-bond donors (Lipinski definition) is 2. The van der Waals surface area contributed by atoms with Crippen molar-refractivity contribution in [1.82, 2.24) is 14.5 Å². The molecule has 0 spiro atoms. The number of carboxylic acid groups (broad SMARTS) is 1. The highest BCUT2D eigenvalue weighted by Gasteiger charge is 2.24. The van der Waals surface area contributed by atoms with Crippen molar-refractivity contribution in [3.63, 3.8) is 0 Å².